The molecule has 1 saturated carbocycles. The first-order valence-electron chi connectivity index (χ1n) is 5.95. The molecule has 0 atom stereocenters. The lowest BCUT2D eigenvalue weighted by Crippen LogP contribution is -2.14. The van der Waals surface area contributed by atoms with Gasteiger partial charge in [0.25, 0.3) is 5.91 Å². The van der Waals surface area contributed by atoms with Crippen LogP contribution in [0.15, 0.2) is 23.7 Å². The largest absolute Gasteiger partial charge is 0.308 e. The number of pyridine rings is 1. The molecule has 19 heavy (non-hydrogen) atoms. The number of hydrogen-bond donors (Lipinski definition) is 3. The lowest BCUT2D eigenvalue weighted by molar-refractivity contribution is 0.102. The highest BCUT2D eigenvalue weighted by atomic mass is 32.1. The fraction of sp³-hybridized carbons (Fsp3) is 0.250. The van der Waals surface area contributed by atoms with Crippen molar-refractivity contribution in [2.45, 2.75) is 18.8 Å². The summed E-state index contributed by atoms with van der Waals surface area (Å²) >= 11 is 1.45. The Hall–Kier alpha value is -1.99. The summed E-state index contributed by atoms with van der Waals surface area (Å²) in [5.41, 5.74) is 3.98. The minimum Gasteiger partial charge on any atom is -0.308 e. The van der Waals surface area contributed by atoms with Gasteiger partial charge < -0.3 is 5.43 Å². The van der Waals surface area contributed by atoms with Gasteiger partial charge in [0.05, 0.1) is 5.69 Å². The number of carbonyl (C=O) groups is 1. The molecule has 0 unspecified atom stereocenters. The number of nitrogens with two attached hydrogens (primary N) is 1. The van der Waals surface area contributed by atoms with E-state index in [1.54, 1.807) is 12.1 Å². The van der Waals surface area contributed by atoms with Gasteiger partial charge >= 0.3 is 0 Å². The van der Waals surface area contributed by atoms with E-state index >= 15 is 0 Å². The zero-order valence-electron chi connectivity index (χ0n) is 10.1. The van der Waals surface area contributed by atoms with Crippen molar-refractivity contribution in [3.63, 3.8) is 0 Å². The fourth-order valence-electron chi connectivity index (χ4n) is 1.73. The van der Waals surface area contributed by atoms with E-state index in [-0.39, 0.29) is 5.91 Å². The number of rotatable bonds is 4. The lowest BCUT2D eigenvalue weighted by Gasteiger charge is -2.03. The predicted molar refractivity (Wildman–Crippen MR) is 74.1 cm³/mol. The van der Waals surface area contributed by atoms with Gasteiger partial charge in [-0.05, 0) is 25.0 Å². The quantitative estimate of drug-likeness (QED) is 0.586. The summed E-state index contributed by atoms with van der Waals surface area (Å²) in [6.45, 7) is 0. The Morgan fingerprint density at radius 2 is 2.32 bits per heavy atom. The molecule has 2 heterocycles. The highest BCUT2D eigenvalue weighted by Gasteiger charge is 2.26. The lowest BCUT2D eigenvalue weighted by atomic mass is 10.2. The van der Waals surface area contributed by atoms with Gasteiger partial charge in [-0.2, -0.15) is 0 Å². The van der Waals surface area contributed by atoms with E-state index in [2.05, 4.69) is 20.7 Å². The standard InChI is InChI=1S/C12H13N5OS/c13-17-10-5-8(3-4-14-10)11(18)16-12-15-9(6-19-12)7-1-2-7/h3-7H,1-2,13H2,(H,14,17)(H,15,16,18). The zero-order valence-corrected chi connectivity index (χ0v) is 10.9. The molecule has 7 heteroatoms. The maximum Gasteiger partial charge on any atom is 0.257 e. The molecule has 4 N–H and O–H groups in total. The number of anilines is 2. The Labute approximate surface area is 114 Å². The molecule has 1 fully saturated rings. The first-order chi connectivity index (χ1) is 9.26. The van der Waals surface area contributed by atoms with Gasteiger partial charge in [0.2, 0.25) is 0 Å². The Kier molecular flexibility index (Phi) is 3.14. The third kappa shape index (κ3) is 2.72. The van der Waals surface area contributed by atoms with Crippen LogP contribution in [-0.4, -0.2) is 15.9 Å². The Morgan fingerprint density at radius 3 is 3.05 bits per heavy atom. The summed E-state index contributed by atoms with van der Waals surface area (Å²) in [6.07, 6.45) is 3.93. The number of nitrogens with one attached hydrogen (secondary N) is 2. The van der Waals surface area contributed by atoms with Crippen LogP contribution in [0.25, 0.3) is 0 Å². The SMILES string of the molecule is NNc1cc(C(=O)Nc2nc(C3CC3)cs2)ccn1. The molecule has 0 aromatic carbocycles. The van der Waals surface area contributed by atoms with Crippen molar-refractivity contribution in [3.05, 3.63) is 35.0 Å². The maximum absolute atomic E-state index is 12.0. The van der Waals surface area contributed by atoms with Crippen LogP contribution in [0.1, 0.15) is 34.8 Å². The average Bonchev–Trinajstić information content (AvgIpc) is 3.19. The van der Waals surface area contributed by atoms with Gasteiger partial charge in [-0.3, -0.25) is 10.1 Å². The van der Waals surface area contributed by atoms with E-state index in [4.69, 9.17) is 5.84 Å². The first-order valence-corrected chi connectivity index (χ1v) is 6.83. The number of nitrogens with zero attached hydrogens (tertiary/aromatic N) is 2. The number of hydrogen-bond acceptors (Lipinski definition) is 6. The van der Waals surface area contributed by atoms with Crippen LogP contribution in [0.2, 0.25) is 0 Å². The number of thiazole rings is 1. The molecule has 98 valence electrons. The molecular formula is C12H13N5OS. The average molecular weight is 275 g/mol. The van der Waals surface area contributed by atoms with Gasteiger partial charge in [-0.25, -0.2) is 15.8 Å². The van der Waals surface area contributed by atoms with E-state index in [0.717, 1.165) is 5.69 Å². The number of aromatic nitrogens is 2. The van der Waals surface area contributed by atoms with Crippen LogP contribution in [0.4, 0.5) is 10.9 Å². The van der Waals surface area contributed by atoms with Crippen LogP contribution >= 0.6 is 11.3 Å². The second kappa shape index (κ2) is 4.94. The van der Waals surface area contributed by atoms with Gasteiger partial charge in [-0.1, -0.05) is 0 Å². The molecule has 0 bridgehead atoms. The van der Waals surface area contributed by atoms with E-state index < -0.39 is 0 Å². The monoisotopic (exact) mass is 275 g/mol. The molecule has 1 amide bonds. The topological polar surface area (TPSA) is 92.9 Å². The van der Waals surface area contributed by atoms with Crippen molar-refractivity contribution >= 4 is 28.2 Å². The van der Waals surface area contributed by atoms with Crippen molar-refractivity contribution < 1.29 is 4.79 Å². The Balaban J connectivity index is 1.72. The van der Waals surface area contributed by atoms with Gasteiger partial charge in [0, 0.05) is 23.1 Å². The van der Waals surface area contributed by atoms with Crippen molar-refractivity contribution in [3.8, 4) is 0 Å². The molecule has 3 rings (SSSR count). The molecule has 0 spiro atoms. The van der Waals surface area contributed by atoms with Gasteiger partial charge in [-0.15, -0.1) is 11.3 Å². The van der Waals surface area contributed by atoms with Crippen LogP contribution in [-0.2, 0) is 0 Å². The molecule has 2 aromatic heterocycles. The van der Waals surface area contributed by atoms with Crippen LogP contribution in [0.3, 0.4) is 0 Å². The molecule has 0 aliphatic heterocycles. The number of hydrazine groups is 1. The maximum atomic E-state index is 12.0. The normalized spacial score (nSPS) is 14.2. The third-order valence-corrected chi connectivity index (χ3v) is 3.68. The predicted octanol–water partition coefficient (Wildman–Crippen LogP) is 1.95. The first kappa shape index (κ1) is 12.1. The Bertz CT molecular complexity index is 608. The number of amides is 1. The second-order valence-electron chi connectivity index (χ2n) is 4.38. The van der Waals surface area contributed by atoms with E-state index in [1.165, 1.54) is 30.4 Å². The third-order valence-electron chi connectivity index (χ3n) is 2.91. The molecule has 2 aromatic rings. The van der Waals surface area contributed by atoms with Crippen LogP contribution in [0, 0.1) is 0 Å². The summed E-state index contributed by atoms with van der Waals surface area (Å²) in [5, 5.41) is 5.42. The highest BCUT2D eigenvalue weighted by Crippen LogP contribution is 2.40. The molecule has 0 saturated heterocycles. The second-order valence-corrected chi connectivity index (χ2v) is 5.24. The molecule has 1 aliphatic carbocycles. The fourth-order valence-corrected chi connectivity index (χ4v) is 2.52. The summed E-state index contributed by atoms with van der Waals surface area (Å²) in [6, 6.07) is 3.22. The zero-order chi connectivity index (χ0) is 13.2. The van der Waals surface area contributed by atoms with Crippen LogP contribution < -0.4 is 16.6 Å². The molecular weight excluding hydrogens is 262 g/mol. The highest BCUT2D eigenvalue weighted by molar-refractivity contribution is 7.14. The van der Waals surface area contributed by atoms with Crippen molar-refractivity contribution in [1.82, 2.24) is 9.97 Å². The van der Waals surface area contributed by atoms with Crippen molar-refractivity contribution in [2.24, 2.45) is 5.84 Å². The summed E-state index contributed by atoms with van der Waals surface area (Å²) in [4.78, 5) is 20.4. The summed E-state index contributed by atoms with van der Waals surface area (Å²) in [5.74, 6) is 6.09. The number of carbonyl (C=O) groups excluding carboxylic acids is 1. The minimum atomic E-state index is -0.212. The minimum absolute atomic E-state index is 0.212. The molecule has 1 aliphatic rings. The molecule has 0 radical (unpaired) electrons. The van der Waals surface area contributed by atoms with E-state index in [1.807, 2.05) is 5.38 Å². The van der Waals surface area contributed by atoms with E-state index in [0.29, 0.717) is 22.4 Å². The summed E-state index contributed by atoms with van der Waals surface area (Å²) in [7, 11) is 0. The number of nitrogen functional groups attached to an aromatic ring is 1. The Morgan fingerprint density at radius 1 is 1.47 bits per heavy atom. The van der Waals surface area contributed by atoms with Crippen molar-refractivity contribution in [2.75, 3.05) is 10.7 Å². The summed E-state index contributed by atoms with van der Waals surface area (Å²) < 4.78 is 0. The smallest absolute Gasteiger partial charge is 0.257 e. The van der Waals surface area contributed by atoms with Crippen molar-refractivity contribution in [1.29, 1.82) is 0 Å². The van der Waals surface area contributed by atoms with Gasteiger partial charge in [0.1, 0.15) is 5.82 Å². The van der Waals surface area contributed by atoms with E-state index in [9.17, 15) is 4.79 Å². The van der Waals surface area contributed by atoms with Crippen LogP contribution in [0.5, 0.6) is 0 Å². The molecule has 6 nitrogen and oxygen atoms in total. The van der Waals surface area contributed by atoms with Gasteiger partial charge in [0.15, 0.2) is 5.13 Å².